The third-order valence-corrected chi connectivity index (χ3v) is 5.93. The van der Waals surface area contributed by atoms with Crippen LogP contribution in [0.5, 0.6) is 0 Å². The first kappa shape index (κ1) is 22.1. The molecule has 0 bridgehead atoms. The Hall–Kier alpha value is -3.69. The van der Waals surface area contributed by atoms with Crippen LogP contribution >= 0.6 is 0 Å². The third kappa shape index (κ3) is 5.11. The van der Waals surface area contributed by atoms with E-state index in [1.165, 1.54) is 0 Å². The van der Waals surface area contributed by atoms with Gasteiger partial charge in [-0.05, 0) is 35.9 Å². The van der Waals surface area contributed by atoms with E-state index in [4.69, 9.17) is 9.15 Å². The molecule has 180 valence electrons. The summed E-state index contributed by atoms with van der Waals surface area (Å²) in [4.78, 5) is 19.4. The van der Waals surface area contributed by atoms with Gasteiger partial charge in [-0.25, -0.2) is 4.98 Å². The molecule has 9 heteroatoms. The van der Waals surface area contributed by atoms with Gasteiger partial charge in [-0.2, -0.15) is 9.61 Å². The Kier molecular flexibility index (Phi) is 6.83. The molecule has 2 N–H and O–H groups in total. The van der Waals surface area contributed by atoms with Gasteiger partial charge in [0.1, 0.15) is 11.6 Å². The van der Waals surface area contributed by atoms with Gasteiger partial charge in [0.05, 0.1) is 25.7 Å². The fraction of sp³-hybridized carbons (Fsp3) is 0.320. The second kappa shape index (κ2) is 10.5. The summed E-state index contributed by atoms with van der Waals surface area (Å²) in [6.45, 7) is 5.52. The van der Waals surface area contributed by atoms with Gasteiger partial charge >= 0.3 is 0 Å². The maximum Gasteiger partial charge on any atom is 0.251 e. The van der Waals surface area contributed by atoms with Crippen molar-refractivity contribution in [2.45, 2.75) is 6.42 Å². The number of carbonyl (C=O) groups is 1. The normalized spacial score (nSPS) is 14.4. The van der Waals surface area contributed by atoms with E-state index in [9.17, 15) is 4.79 Å². The van der Waals surface area contributed by atoms with E-state index >= 15 is 0 Å². The Morgan fingerprint density at radius 1 is 1.09 bits per heavy atom. The average Bonchev–Trinajstić information content (AvgIpc) is 3.55. The molecule has 0 saturated carbocycles. The Bertz CT molecular complexity index is 1220. The van der Waals surface area contributed by atoms with Gasteiger partial charge in [0.25, 0.3) is 5.91 Å². The highest BCUT2D eigenvalue weighted by atomic mass is 16.5. The molecular weight excluding hydrogens is 432 g/mol. The lowest BCUT2D eigenvalue weighted by molar-refractivity contribution is 0.0383. The number of benzene rings is 1. The van der Waals surface area contributed by atoms with Crippen LogP contribution < -0.4 is 10.6 Å². The number of carbonyl (C=O) groups excluding carboxylic acids is 1. The first-order valence-corrected chi connectivity index (χ1v) is 11.6. The van der Waals surface area contributed by atoms with Gasteiger partial charge in [0.15, 0.2) is 5.65 Å². The number of hydrogen-bond acceptors (Lipinski definition) is 7. The Labute approximate surface area is 200 Å². The van der Waals surface area contributed by atoms with Crippen LogP contribution in [-0.4, -0.2) is 71.3 Å². The van der Waals surface area contributed by atoms with Crippen molar-refractivity contribution in [3.8, 4) is 11.1 Å². The van der Waals surface area contributed by atoms with Crippen LogP contribution in [-0.2, 0) is 11.2 Å². The number of fused-ring (bicyclic) bond motifs is 1. The van der Waals surface area contributed by atoms with E-state index < -0.39 is 0 Å². The molecule has 1 saturated heterocycles. The largest absolute Gasteiger partial charge is 0.469 e. The first-order chi connectivity index (χ1) is 16.8. The summed E-state index contributed by atoms with van der Waals surface area (Å²) < 4.78 is 12.5. The van der Waals surface area contributed by atoms with Gasteiger partial charge in [-0.3, -0.25) is 9.69 Å². The van der Waals surface area contributed by atoms with Crippen LogP contribution in [0.3, 0.4) is 0 Å². The molecular formula is C25H32N6O3. The summed E-state index contributed by atoms with van der Waals surface area (Å²) in [6.07, 6.45) is 6.03. The zero-order valence-corrected chi connectivity index (χ0v) is 18.9. The Balaban J connectivity index is 0.00000180. The number of ether oxygens (including phenoxy) is 1. The van der Waals surface area contributed by atoms with Crippen LogP contribution in [0.25, 0.3) is 16.8 Å². The van der Waals surface area contributed by atoms with E-state index in [0.29, 0.717) is 12.1 Å². The van der Waals surface area contributed by atoms with Crippen molar-refractivity contribution in [1.29, 1.82) is 0 Å². The van der Waals surface area contributed by atoms with Crippen molar-refractivity contribution in [2.75, 3.05) is 51.3 Å². The second-order valence-electron chi connectivity index (χ2n) is 8.17. The van der Waals surface area contributed by atoms with Crippen LogP contribution in [0.15, 0.2) is 65.5 Å². The van der Waals surface area contributed by atoms with Crippen molar-refractivity contribution in [1.82, 2.24) is 24.8 Å². The maximum absolute atomic E-state index is 12.5. The quantitative estimate of drug-likeness (QED) is 0.393. The molecule has 9 nitrogen and oxygen atoms in total. The van der Waals surface area contributed by atoms with Crippen LogP contribution in [0.4, 0.5) is 5.82 Å². The molecule has 0 spiro atoms. The fourth-order valence-corrected chi connectivity index (χ4v) is 4.05. The number of morpholine rings is 1. The Morgan fingerprint density at radius 3 is 2.74 bits per heavy atom. The molecule has 0 unspecified atom stereocenters. The average molecular weight is 465 g/mol. The lowest BCUT2D eigenvalue weighted by Gasteiger charge is -2.26. The zero-order valence-electron chi connectivity index (χ0n) is 18.9. The lowest BCUT2D eigenvalue weighted by atomic mass is 10.1. The van der Waals surface area contributed by atoms with E-state index in [-0.39, 0.29) is 8.76 Å². The highest BCUT2D eigenvalue weighted by Crippen LogP contribution is 2.25. The molecule has 1 aliphatic rings. The molecule has 4 aromatic rings. The van der Waals surface area contributed by atoms with Crippen molar-refractivity contribution in [3.05, 3.63) is 72.4 Å². The number of anilines is 1. The standard InChI is InChI=1S/C25H28N6O3.2H2/c32-25(28-11-12-30-13-16-33-17-14-30)20-5-3-19(4-6-20)22-18-29-31-23(8-10-27-24(22)31)26-9-7-21-2-1-15-34-21;;/h1-6,8,10,15,18,26H,7,9,11-14,16-17H2,(H,28,32);2*1H. The molecule has 1 aromatic carbocycles. The number of aromatic nitrogens is 3. The summed E-state index contributed by atoms with van der Waals surface area (Å²) in [7, 11) is 0. The second-order valence-corrected chi connectivity index (χ2v) is 8.17. The number of amides is 1. The SMILES string of the molecule is O=C(NCCN1CCOCC1)c1ccc(-c2cnn3c(NCCc4ccco4)ccnc23)cc1.[HH].[HH]. The van der Waals surface area contributed by atoms with Crippen LogP contribution in [0, 0.1) is 0 Å². The topological polar surface area (TPSA) is 96.9 Å². The van der Waals surface area contributed by atoms with Crippen molar-refractivity contribution < 1.29 is 16.8 Å². The number of furan rings is 1. The number of nitrogens with zero attached hydrogens (tertiary/aromatic N) is 4. The summed E-state index contributed by atoms with van der Waals surface area (Å²) in [5.74, 6) is 1.73. The van der Waals surface area contributed by atoms with Crippen molar-refractivity contribution in [3.63, 3.8) is 0 Å². The van der Waals surface area contributed by atoms with Gasteiger partial charge in [0, 0.05) is 59.3 Å². The zero-order chi connectivity index (χ0) is 23.2. The lowest BCUT2D eigenvalue weighted by Crippen LogP contribution is -2.41. The Morgan fingerprint density at radius 2 is 1.94 bits per heavy atom. The van der Waals surface area contributed by atoms with E-state index in [1.807, 2.05) is 42.5 Å². The summed E-state index contributed by atoms with van der Waals surface area (Å²) in [5.41, 5.74) is 3.26. The fourth-order valence-electron chi connectivity index (χ4n) is 4.05. The van der Waals surface area contributed by atoms with Crippen molar-refractivity contribution >= 4 is 17.4 Å². The predicted molar refractivity (Wildman–Crippen MR) is 133 cm³/mol. The van der Waals surface area contributed by atoms with Gasteiger partial charge < -0.3 is 19.8 Å². The molecule has 5 rings (SSSR count). The minimum atomic E-state index is -0.0687. The van der Waals surface area contributed by atoms with Gasteiger partial charge in [-0.1, -0.05) is 12.1 Å². The number of rotatable bonds is 9. The van der Waals surface area contributed by atoms with Crippen molar-refractivity contribution in [2.24, 2.45) is 0 Å². The molecule has 3 aromatic heterocycles. The maximum atomic E-state index is 12.5. The summed E-state index contributed by atoms with van der Waals surface area (Å²) in [5, 5.41) is 10.9. The van der Waals surface area contributed by atoms with Gasteiger partial charge in [0.2, 0.25) is 0 Å². The number of hydrogen-bond donors (Lipinski definition) is 2. The minimum Gasteiger partial charge on any atom is -0.469 e. The molecule has 0 radical (unpaired) electrons. The van der Waals surface area contributed by atoms with Crippen LogP contribution in [0.1, 0.15) is 19.0 Å². The molecule has 0 aliphatic carbocycles. The highest BCUT2D eigenvalue weighted by Gasteiger charge is 2.13. The minimum absolute atomic E-state index is 0. The van der Waals surface area contributed by atoms with E-state index in [0.717, 1.165) is 74.2 Å². The monoisotopic (exact) mass is 464 g/mol. The van der Waals surface area contributed by atoms with E-state index in [2.05, 4.69) is 25.6 Å². The first-order valence-electron chi connectivity index (χ1n) is 11.6. The summed E-state index contributed by atoms with van der Waals surface area (Å²) in [6, 6.07) is 13.3. The molecule has 1 fully saturated rings. The van der Waals surface area contributed by atoms with Gasteiger partial charge in [-0.15, -0.1) is 0 Å². The summed E-state index contributed by atoms with van der Waals surface area (Å²) >= 11 is 0. The third-order valence-electron chi connectivity index (χ3n) is 5.93. The molecule has 1 amide bonds. The smallest absolute Gasteiger partial charge is 0.251 e. The van der Waals surface area contributed by atoms with Crippen LogP contribution in [0.2, 0.25) is 0 Å². The number of nitrogens with one attached hydrogen (secondary N) is 2. The predicted octanol–water partition coefficient (Wildman–Crippen LogP) is 3.20. The molecule has 1 aliphatic heterocycles. The molecule has 0 atom stereocenters. The molecule has 34 heavy (non-hydrogen) atoms. The highest BCUT2D eigenvalue weighted by molar-refractivity contribution is 5.95. The van der Waals surface area contributed by atoms with E-state index in [1.54, 1.807) is 23.2 Å². The molecule has 4 heterocycles.